The summed E-state index contributed by atoms with van der Waals surface area (Å²) in [4.78, 5) is 10.4. The highest BCUT2D eigenvalue weighted by Crippen LogP contribution is 2.16. The molecule has 1 aromatic heterocycles. The lowest BCUT2D eigenvalue weighted by Crippen LogP contribution is -2.31. The quantitative estimate of drug-likeness (QED) is 0.746. The highest BCUT2D eigenvalue weighted by molar-refractivity contribution is 6.35. The van der Waals surface area contributed by atoms with Crippen LogP contribution in [0.25, 0.3) is 0 Å². The Balaban J connectivity index is 2.65. The molecule has 0 aliphatic rings. The van der Waals surface area contributed by atoms with Gasteiger partial charge in [-0.3, -0.25) is 4.79 Å². The number of hydrogen-bond acceptors (Lipinski definition) is 3. The first-order chi connectivity index (χ1) is 5.89. The first-order valence-corrected chi connectivity index (χ1v) is 4.21. The van der Waals surface area contributed by atoms with E-state index in [1.165, 1.54) is 0 Å². The van der Waals surface area contributed by atoms with E-state index in [1.807, 2.05) is 0 Å². The number of halogens is 1. The fourth-order valence-electron chi connectivity index (χ4n) is 0.690. The lowest BCUT2D eigenvalue weighted by molar-refractivity contribution is -0.117. The van der Waals surface area contributed by atoms with E-state index < -0.39 is 4.87 Å². The van der Waals surface area contributed by atoms with Crippen molar-refractivity contribution in [1.29, 1.82) is 0 Å². The summed E-state index contributed by atoms with van der Waals surface area (Å²) in [5, 5.41) is 6.13. The number of nitrogens with zero attached hydrogens (tertiary/aromatic N) is 1. The molecular weight excluding hydrogens is 192 g/mol. The fourth-order valence-corrected chi connectivity index (χ4v) is 0.738. The molecule has 0 aromatic carbocycles. The van der Waals surface area contributed by atoms with Gasteiger partial charge in [0.2, 0.25) is 5.91 Å². The fraction of sp³-hybridized carbons (Fsp3) is 0.500. The Morgan fingerprint density at radius 3 is 2.69 bits per heavy atom. The number of alkyl halides is 1. The first kappa shape index (κ1) is 10.1. The summed E-state index contributed by atoms with van der Waals surface area (Å²) < 4.78 is 4.77. The molecule has 1 heterocycles. The minimum Gasteiger partial charge on any atom is -0.360 e. The van der Waals surface area contributed by atoms with Crippen LogP contribution < -0.4 is 5.32 Å². The predicted octanol–water partition coefficient (Wildman–Crippen LogP) is 1.94. The Morgan fingerprint density at radius 1 is 1.69 bits per heavy atom. The number of amides is 1. The van der Waals surface area contributed by atoms with E-state index in [9.17, 15) is 4.79 Å². The minimum atomic E-state index is -0.938. The van der Waals surface area contributed by atoms with Crippen LogP contribution in [0.15, 0.2) is 10.6 Å². The van der Waals surface area contributed by atoms with E-state index in [1.54, 1.807) is 26.8 Å². The molecule has 13 heavy (non-hydrogen) atoms. The zero-order chi connectivity index (χ0) is 10.1. The molecule has 0 radical (unpaired) electrons. The van der Waals surface area contributed by atoms with E-state index in [2.05, 4.69) is 10.5 Å². The monoisotopic (exact) mass is 202 g/mol. The molecular formula is C8H11ClN2O2. The van der Waals surface area contributed by atoms with Gasteiger partial charge in [0, 0.05) is 6.07 Å². The summed E-state index contributed by atoms with van der Waals surface area (Å²) in [6.45, 7) is 4.96. The number of aryl methyl sites for hydroxylation is 1. The van der Waals surface area contributed by atoms with E-state index >= 15 is 0 Å². The van der Waals surface area contributed by atoms with Crippen molar-refractivity contribution in [2.24, 2.45) is 0 Å². The van der Waals surface area contributed by atoms with Crippen LogP contribution in [-0.2, 0) is 4.79 Å². The summed E-state index contributed by atoms with van der Waals surface area (Å²) in [6, 6.07) is 1.63. The maximum atomic E-state index is 11.3. The van der Waals surface area contributed by atoms with Crippen molar-refractivity contribution in [3.8, 4) is 0 Å². The van der Waals surface area contributed by atoms with Crippen LogP contribution in [0.5, 0.6) is 0 Å². The topological polar surface area (TPSA) is 55.1 Å². The van der Waals surface area contributed by atoms with Crippen LogP contribution in [0.1, 0.15) is 19.6 Å². The third kappa shape index (κ3) is 2.73. The van der Waals surface area contributed by atoms with Crippen molar-refractivity contribution >= 4 is 23.3 Å². The number of nitrogens with one attached hydrogen (secondary N) is 1. The third-order valence-corrected chi connectivity index (χ3v) is 1.58. The van der Waals surface area contributed by atoms with Gasteiger partial charge in [0.25, 0.3) is 0 Å². The smallest absolute Gasteiger partial charge is 0.246 e. The molecule has 0 saturated carbocycles. The molecule has 0 unspecified atom stereocenters. The number of rotatable bonds is 2. The molecule has 1 aromatic rings. The average Bonchev–Trinajstić information content (AvgIpc) is 2.33. The second-order valence-corrected chi connectivity index (χ2v) is 4.19. The van der Waals surface area contributed by atoms with Crippen molar-refractivity contribution in [3.63, 3.8) is 0 Å². The molecule has 0 saturated heterocycles. The summed E-state index contributed by atoms with van der Waals surface area (Å²) in [5.41, 5.74) is 0. The first-order valence-electron chi connectivity index (χ1n) is 3.83. The van der Waals surface area contributed by atoms with Gasteiger partial charge in [-0.15, -0.1) is 11.6 Å². The number of aromatic nitrogens is 1. The summed E-state index contributed by atoms with van der Waals surface area (Å²) >= 11 is 5.77. The number of hydrogen-bond donors (Lipinski definition) is 1. The largest absolute Gasteiger partial charge is 0.360 e. The van der Waals surface area contributed by atoms with Crippen molar-refractivity contribution < 1.29 is 9.32 Å². The molecule has 4 nitrogen and oxygen atoms in total. The molecule has 1 rings (SSSR count). The zero-order valence-corrected chi connectivity index (χ0v) is 8.47. The lowest BCUT2D eigenvalue weighted by atomic mass is 10.2. The third-order valence-electron chi connectivity index (χ3n) is 1.41. The maximum absolute atomic E-state index is 11.3. The summed E-state index contributed by atoms with van der Waals surface area (Å²) in [6.07, 6.45) is 0. The van der Waals surface area contributed by atoms with Crippen LogP contribution in [-0.4, -0.2) is 15.9 Å². The Kier molecular flexibility index (Phi) is 2.61. The molecule has 0 aliphatic carbocycles. The number of carbonyl (C=O) groups excluding carboxylic acids is 1. The Labute approximate surface area is 81.2 Å². The van der Waals surface area contributed by atoms with E-state index in [4.69, 9.17) is 16.1 Å². The van der Waals surface area contributed by atoms with E-state index in [-0.39, 0.29) is 5.91 Å². The molecule has 1 amide bonds. The maximum Gasteiger partial charge on any atom is 0.246 e. The normalized spacial score (nSPS) is 11.4. The number of anilines is 1. The molecule has 0 aliphatic heterocycles. The highest BCUT2D eigenvalue weighted by Gasteiger charge is 2.24. The van der Waals surface area contributed by atoms with E-state index in [0.717, 1.165) is 0 Å². The SMILES string of the molecule is Cc1cc(NC(=O)C(C)(C)Cl)no1. The van der Waals surface area contributed by atoms with Gasteiger partial charge in [-0.1, -0.05) is 5.16 Å². The van der Waals surface area contributed by atoms with Gasteiger partial charge >= 0.3 is 0 Å². The van der Waals surface area contributed by atoms with Gasteiger partial charge in [0.05, 0.1) is 0 Å². The minimum absolute atomic E-state index is 0.303. The van der Waals surface area contributed by atoms with Gasteiger partial charge in [-0.2, -0.15) is 0 Å². The molecule has 72 valence electrons. The van der Waals surface area contributed by atoms with Gasteiger partial charge in [0.1, 0.15) is 10.6 Å². The van der Waals surface area contributed by atoms with Crippen LogP contribution in [0.3, 0.4) is 0 Å². The van der Waals surface area contributed by atoms with Crippen molar-refractivity contribution in [2.75, 3.05) is 5.32 Å². The van der Waals surface area contributed by atoms with Crippen molar-refractivity contribution in [1.82, 2.24) is 5.16 Å². The zero-order valence-electron chi connectivity index (χ0n) is 7.72. The molecule has 1 N–H and O–H groups in total. The van der Waals surface area contributed by atoms with Gasteiger partial charge in [0.15, 0.2) is 5.82 Å². The van der Waals surface area contributed by atoms with E-state index in [0.29, 0.717) is 11.6 Å². The Bertz CT molecular complexity index is 314. The summed E-state index contributed by atoms with van der Waals surface area (Å²) in [7, 11) is 0. The molecule has 0 atom stereocenters. The molecule has 5 heteroatoms. The van der Waals surface area contributed by atoms with Crippen LogP contribution in [0.4, 0.5) is 5.82 Å². The predicted molar refractivity (Wildman–Crippen MR) is 49.8 cm³/mol. The summed E-state index contributed by atoms with van der Waals surface area (Å²) in [5.74, 6) is 0.723. The Morgan fingerprint density at radius 2 is 2.31 bits per heavy atom. The van der Waals surface area contributed by atoms with Crippen LogP contribution in [0, 0.1) is 6.92 Å². The average molecular weight is 203 g/mol. The molecule has 0 fully saturated rings. The van der Waals surface area contributed by atoms with Crippen LogP contribution >= 0.6 is 11.6 Å². The highest BCUT2D eigenvalue weighted by atomic mass is 35.5. The number of carbonyl (C=O) groups is 1. The van der Waals surface area contributed by atoms with Crippen molar-refractivity contribution in [3.05, 3.63) is 11.8 Å². The van der Waals surface area contributed by atoms with Gasteiger partial charge in [-0.05, 0) is 20.8 Å². The second-order valence-electron chi connectivity index (χ2n) is 3.25. The standard InChI is InChI=1S/C8H11ClN2O2/c1-5-4-6(11-13-5)10-7(12)8(2,3)9/h4H,1-3H3,(H,10,11,12). The lowest BCUT2D eigenvalue weighted by Gasteiger charge is -2.13. The molecule has 0 bridgehead atoms. The van der Waals surface area contributed by atoms with Crippen molar-refractivity contribution in [2.45, 2.75) is 25.6 Å². The van der Waals surface area contributed by atoms with Crippen LogP contribution in [0.2, 0.25) is 0 Å². The molecule has 0 spiro atoms. The van der Waals surface area contributed by atoms with Gasteiger partial charge < -0.3 is 9.84 Å². The van der Waals surface area contributed by atoms with Gasteiger partial charge in [-0.25, -0.2) is 0 Å². The second kappa shape index (κ2) is 3.38. The Hall–Kier alpha value is -1.03.